The lowest BCUT2D eigenvalue weighted by Crippen LogP contribution is -2.04. The molecule has 5 nitrogen and oxygen atoms in total. The third-order valence-electron chi connectivity index (χ3n) is 0.791. The molecule has 0 aromatic heterocycles. The van der Waals surface area contributed by atoms with Crippen molar-refractivity contribution in [2.75, 3.05) is 6.61 Å². The summed E-state index contributed by atoms with van der Waals surface area (Å²) in [6, 6.07) is 0. The normalized spacial score (nSPS) is 16.2. The molecule has 0 saturated carbocycles. The van der Waals surface area contributed by atoms with E-state index in [1.165, 1.54) is 0 Å². The van der Waals surface area contributed by atoms with Crippen molar-refractivity contribution in [2.45, 2.75) is 19.8 Å². The summed E-state index contributed by atoms with van der Waals surface area (Å²) in [5.74, 6) is 0. The van der Waals surface area contributed by atoms with Crippen LogP contribution < -0.4 is 0 Å². The van der Waals surface area contributed by atoms with Crippen LogP contribution in [0.4, 0.5) is 0 Å². The molecule has 68 valence electrons. The molecule has 0 radical (unpaired) electrons. The summed E-state index contributed by atoms with van der Waals surface area (Å²) in [6.07, 6.45) is 1.65. The molecule has 0 aromatic carbocycles. The maximum absolute atomic E-state index is 10.4. The van der Waals surface area contributed by atoms with Gasteiger partial charge in [0.15, 0.2) is 0 Å². The van der Waals surface area contributed by atoms with Crippen LogP contribution in [0, 0.1) is 0 Å². The summed E-state index contributed by atoms with van der Waals surface area (Å²) in [6.45, 7) is 2.21. The van der Waals surface area contributed by atoms with E-state index in [1.807, 2.05) is 6.92 Å². The standard InChI is InChI=1S/C4H10O5S2/c1-2-3-4-8-11(7)9-10(5)6/h2-4H2,1H3,(H,5,6). The summed E-state index contributed by atoms with van der Waals surface area (Å²) in [5, 5.41) is 0. The lowest BCUT2D eigenvalue weighted by Gasteiger charge is -1.97. The molecule has 2 unspecified atom stereocenters. The minimum atomic E-state index is -2.53. The van der Waals surface area contributed by atoms with Crippen LogP contribution in [0.3, 0.4) is 0 Å². The lowest BCUT2D eigenvalue weighted by atomic mass is 10.4. The van der Waals surface area contributed by atoms with Crippen LogP contribution in [-0.4, -0.2) is 19.6 Å². The molecule has 0 bridgehead atoms. The highest BCUT2D eigenvalue weighted by atomic mass is 32.3. The highest BCUT2D eigenvalue weighted by Gasteiger charge is 2.03. The molecule has 0 rings (SSSR count). The molecule has 0 spiro atoms. The molecule has 0 aliphatic rings. The molecule has 11 heavy (non-hydrogen) atoms. The van der Waals surface area contributed by atoms with Crippen molar-refractivity contribution in [1.82, 2.24) is 0 Å². The van der Waals surface area contributed by atoms with Crippen molar-refractivity contribution in [3.05, 3.63) is 0 Å². The molecule has 0 aromatic rings. The van der Waals surface area contributed by atoms with Gasteiger partial charge in [0.05, 0.1) is 6.61 Å². The predicted molar refractivity (Wildman–Crippen MR) is 40.9 cm³/mol. The number of rotatable bonds is 6. The Hall–Kier alpha value is 0.180. The van der Waals surface area contributed by atoms with Gasteiger partial charge in [-0.25, -0.2) is 0 Å². The van der Waals surface area contributed by atoms with Crippen molar-refractivity contribution in [3.8, 4) is 0 Å². The quantitative estimate of drug-likeness (QED) is 0.502. The van der Waals surface area contributed by atoms with E-state index in [4.69, 9.17) is 4.55 Å². The van der Waals surface area contributed by atoms with E-state index in [0.717, 1.165) is 12.8 Å². The van der Waals surface area contributed by atoms with E-state index < -0.39 is 22.7 Å². The average Bonchev–Trinajstić information content (AvgIpc) is 1.86. The van der Waals surface area contributed by atoms with Gasteiger partial charge in [0.1, 0.15) is 0 Å². The maximum Gasteiger partial charge on any atom is 0.320 e. The van der Waals surface area contributed by atoms with Gasteiger partial charge in [-0.05, 0) is 6.42 Å². The van der Waals surface area contributed by atoms with E-state index >= 15 is 0 Å². The summed E-state index contributed by atoms with van der Waals surface area (Å²) in [7, 11) is 0. The average molecular weight is 202 g/mol. The summed E-state index contributed by atoms with van der Waals surface area (Å²) in [4.78, 5) is 0. The van der Waals surface area contributed by atoms with Gasteiger partial charge in [-0.2, -0.15) is 8.42 Å². The first kappa shape index (κ1) is 11.2. The van der Waals surface area contributed by atoms with Crippen LogP contribution in [0.2, 0.25) is 0 Å². The second kappa shape index (κ2) is 6.86. The molecule has 0 saturated heterocycles. The molecule has 0 amide bonds. The number of unbranched alkanes of at least 4 members (excludes halogenated alkanes) is 1. The Balaban J connectivity index is 3.30. The highest BCUT2D eigenvalue weighted by molar-refractivity contribution is 7.88. The minimum absolute atomic E-state index is 0.264. The Morgan fingerprint density at radius 2 is 2.09 bits per heavy atom. The van der Waals surface area contributed by atoms with Gasteiger partial charge in [-0.3, -0.25) is 8.74 Å². The van der Waals surface area contributed by atoms with Crippen molar-refractivity contribution in [2.24, 2.45) is 0 Å². The summed E-state index contributed by atoms with van der Waals surface area (Å²) < 4.78 is 36.7. The largest absolute Gasteiger partial charge is 0.320 e. The zero-order chi connectivity index (χ0) is 8.69. The Morgan fingerprint density at radius 1 is 1.45 bits per heavy atom. The molecule has 0 heterocycles. The molecule has 2 atom stereocenters. The molecular formula is C4H10O5S2. The fourth-order valence-corrected chi connectivity index (χ4v) is 1.13. The van der Waals surface area contributed by atoms with E-state index in [2.05, 4.69) is 7.81 Å². The molecule has 0 fully saturated rings. The van der Waals surface area contributed by atoms with Gasteiger partial charge < -0.3 is 0 Å². The van der Waals surface area contributed by atoms with E-state index in [-0.39, 0.29) is 6.61 Å². The molecule has 0 aliphatic heterocycles. The number of hydrogen-bond donors (Lipinski definition) is 1. The van der Waals surface area contributed by atoms with Crippen LogP contribution in [-0.2, 0) is 30.5 Å². The zero-order valence-electron chi connectivity index (χ0n) is 6.02. The van der Waals surface area contributed by atoms with Crippen molar-refractivity contribution >= 4 is 22.7 Å². The minimum Gasteiger partial charge on any atom is -0.283 e. The smallest absolute Gasteiger partial charge is 0.283 e. The first-order valence-corrected chi connectivity index (χ1v) is 5.04. The fraction of sp³-hybridized carbons (Fsp3) is 1.00. The summed E-state index contributed by atoms with van der Waals surface area (Å²) in [5.41, 5.74) is 0. The summed E-state index contributed by atoms with van der Waals surface area (Å²) >= 11 is -4.63. The van der Waals surface area contributed by atoms with Crippen molar-refractivity contribution in [3.63, 3.8) is 0 Å². The van der Waals surface area contributed by atoms with Gasteiger partial charge in [-0.15, -0.1) is 3.63 Å². The second-order valence-corrected chi connectivity index (χ2v) is 3.29. The Morgan fingerprint density at radius 3 is 2.55 bits per heavy atom. The van der Waals surface area contributed by atoms with E-state index in [1.54, 1.807) is 0 Å². The van der Waals surface area contributed by atoms with Crippen LogP contribution in [0.5, 0.6) is 0 Å². The van der Waals surface area contributed by atoms with Crippen molar-refractivity contribution < 1.29 is 20.8 Å². The Bertz CT molecular complexity index is 147. The van der Waals surface area contributed by atoms with Crippen LogP contribution in [0.25, 0.3) is 0 Å². The Labute approximate surface area is 70.4 Å². The molecule has 7 heteroatoms. The van der Waals surface area contributed by atoms with E-state index in [0.29, 0.717) is 0 Å². The lowest BCUT2D eigenvalue weighted by molar-refractivity contribution is 0.302. The predicted octanol–water partition coefficient (Wildman–Crippen LogP) is 0.535. The van der Waals surface area contributed by atoms with Gasteiger partial charge in [0.2, 0.25) is 0 Å². The first-order valence-electron chi connectivity index (χ1n) is 3.01. The third kappa shape index (κ3) is 8.08. The van der Waals surface area contributed by atoms with Gasteiger partial charge >= 0.3 is 22.7 Å². The molecule has 0 aliphatic carbocycles. The van der Waals surface area contributed by atoms with Gasteiger partial charge in [-0.1, -0.05) is 13.3 Å². The zero-order valence-corrected chi connectivity index (χ0v) is 7.65. The SMILES string of the molecule is CCCCOS(=O)OS(=O)O. The van der Waals surface area contributed by atoms with Crippen LogP contribution >= 0.6 is 0 Å². The maximum atomic E-state index is 10.4. The van der Waals surface area contributed by atoms with Gasteiger partial charge in [0, 0.05) is 0 Å². The molecule has 1 N–H and O–H groups in total. The number of hydrogen-bond acceptors (Lipinski definition) is 4. The van der Waals surface area contributed by atoms with Crippen LogP contribution in [0.15, 0.2) is 0 Å². The third-order valence-corrected chi connectivity index (χ3v) is 2.06. The highest BCUT2D eigenvalue weighted by Crippen LogP contribution is 1.94. The van der Waals surface area contributed by atoms with Crippen molar-refractivity contribution in [1.29, 1.82) is 0 Å². The second-order valence-electron chi connectivity index (χ2n) is 1.66. The monoisotopic (exact) mass is 202 g/mol. The van der Waals surface area contributed by atoms with E-state index in [9.17, 15) is 8.42 Å². The first-order chi connectivity index (χ1) is 5.16. The van der Waals surface area contributed by atoms with Gasteiger partial charge in [0.25, 0.3) is 0 Å². The topological polar surface area (TPSA) is 72.8 Å². The fourth-order valence-electron chi connectivity index (χ4n) is 0.338. The molecular weight excluding hydrogens is 192 g/mol. The van der Waals surface area contributed by atoms with Crippen LogP contribution in [0.1, 0.15) is 19.8 Å². The Kier molecular flexibility index (Phi) is 6.98.